The molecule has 0 aromatic carbocycles. The van der Waals surface area contributed by atoms with E-state index in [9.17, 15) is 0 Å². The first-order chi connectivity index (χ1) is 7.18. The normalized spacial score (nSPS) is 11.5. The van der Waals surface area contributed by atoms with Gasteiger partial charge in [0.05, 0.1) is 0 Å². The van der Waals surface area contributed by atoms with Crippen LogP contribution in [0.1, 0.15) is 39.5 Å². The van der Waals surface area contributed by atoms with Crippen LogP contribution in [0.5, 0.6) is 0 Å². The fourth-order valence-electron chi connectivity index (χ4n) is 1.22. The van der Waals surface area contributed by atoms with E-state index in [1.54, 1.807) is 0 Å². The first kappa shape index (κ1) is 16.4. The Morgan fingerprint density at radius 2 is 1.53 bits per heavy atom. The Morgan fingerprint density at radius 1 is 1.07 bits per heavy atom. The molecule has 0 heterocycles. The number of rotatable bonds is 10. The second kappa shape index (κ2) is 10.5. The highest BCUT2D eigenvalue weighted by atomic mass is 79.9. The van der Waals surface area contributed by atoms with Gasteiger partial charge in [0.25, 0.3) is 0 Å². The van der Waals surface area contributed by atoms with Crippen molar-refractivity contribution in [1.82, 2.24) is 0 Å². The van der Waals surface area contributed by atoms with Gasteiger partial charge < -0.3 is 21.7 Å². The van der Waals surface area contributed by atoms with Crippen LogP contribution in [-0.2, 0) is 8.85 Å². The Labute approximate surface area is 111 Å². The summed E-state index contributed by atoms with van der Waals surface area (Å²) in [6.45, 7) is 8.37. The zero-order valence-corrected chi connectivity index (χ0v) is 14.4. The van der Waals surface area contributed by atoms with Crippen molar-refractivity contribution < 1.29 is 8.85 Å². The summed E-state index contributed by atoms with van der Waals surface area (Å²) < 4.78 is 13.1. The molecule has 0 rings (SSSR count). The average molecular weight is 308 g/mol. The fraction of sp³-hybridized carbons (Fsp3) is 1.00. The molecule has 0 atom stereocenters. The third kappa shape index (κ3) is 9.12. The van der Waals surface area contributed by atoms with E-state index in [-0.39, 0.29) is 18.2 Å². The van der Waals surface area contributed by atoms with Gasteiger partial charge in [0, 0.05) is 13.2 Å². The molecule has 0 saturated heterocycles. The van der Waals surface area contributed by atoms with Gasteiger partial charge in [-0.2, -0.15) is 0 Å². The van der Waals surface area contributed by atoms with Gasteiger partial charge in [-0.1, -0.05) is 30.9 Å². The lowest BCUT2D eigenvalue weighted by molar-refractivity contribution is 0.173. The van der Waals surface area contributed by atoms with Crippen LogP contribution in [0.2, 0.25) is 10.7 Å². The van der Waals surface area contributed by atoms with Crippen molar-refractivity contribution in [1.29, 1.82) is 0 Å². The summed E-state index contributed by atoms with van der Waals surface area (Å²) in [5, 5.41) is 0. The number of hydrogen-bond acceptors (Lipinski definition) is 2. The highest BCUT2D eigenvalue weighted by Crippen LogP contribution is 2.15. The van der Waals surface area contributed by atoms with Crippen molar-refractivity contribution in [2.75, 3.05) is 13.2 Å². The Balaban J connectivity index is 3.83. The van der Waals surface area contributed by atoms with Crippen molar-refractivity contribution >= 4 is 39.6 Å². The van der Waals surface area contributed by atoms with E-state index >= 15 is 0 Å². The monoisotopic (exact) mass is 306 g/mol. The maximum Gasteiger partial charge on any atom is 0.471 e. The summed E-state index contributed by atoms with van der Waals surface area (Å²) >= 11 is 3.48. The molecular formula is C10H23BrMgO2Si. The van der Waals surface area contributed by atoms with E-state index in [4.69, 9.17) is 8.85 Å². The van der Waals surface area contributed by atoms with Crippen molar-refractivity contribution in [2.24, 2.45) is 0 Å². The van der Waals surface area contributed by atoms with Crippen molar-refractivity contribution in [3.63, 3.8) is 0 Å². The molecule has 0 bridgehead atoms. The van der Waals surface area contributed by atoms with Crippen LogP contribution >= 0.6 is 12.9 Å². The molecule has 0 aliphatic carbocycles. The van der Waals surface area contributed by atoms with E-state index in [2.05, 4.69) is 33.3 Å². The van der Waals surface area contributed by atoms with E-state index in [1.807, 2.05) is 0 Å². The fourth-order valence-corrected chi connectivity index (χ4v) is 11.5. The molecule has 0 aliphatic rings. The van der Waals surface area contributed by atoms with Gasteiger partial charge in [0.15, 0.2) is 0 Å². The van der Waals surface area contributed by atoms with Gasteiger partial charge in [0.1, 0.15) is 0 Å². The molecule has 2 nitrogen and oxygen atoms in total. The smallest absolute Gasteiger partial charge is 0.396 e. The van der Waals surface area contributed by atoms with Gasteiger partial charge in [-0.05, 0) is 19.4 Å². The van der Waals surface area contributed by atoms with Crippen molar-refractivity contribution in [3.8, 4) is 0 Å². The maximum absolute atomic E-state index is 5.98. The number of hydrogen-bond donors (Lipinski definition) is 0. The second-order valence-electron chi connectivity index (χ2n) is 3.98. The van der Waals surface area contributed by atoms with Crippen LogP contribution in [0, 0.1) is 0 Å². The van der Waals surface area contributed by atoms with Gasteiger partial charge in [-0.25, -0.2) is 0 Å². The number of unbranched alkanes of at least 4 members (excludes halogenated alkanes) is 2. The lowest BCUT2D eigenvalue weighted by atomic mass is 10.4. The second-order valence-corrected chi connectivity index (χ2v) is 11.6. The average Bonchev–Trinajstić information content (AvgIpc) is 2.19. The molecular weight excluding hydrogens is 284 g/mol. The molecule has 0 aromatic rings. The summed E-state index contributed by atoms with van der Waals surface area (Å²) in [6, 6.07) is 0. The van der Waals surface area contributed by atoms with Crippen LogP contribution in [0.25, 0.3) is 0 Å². The highest BCUT2D eigenvalue weighted by Gasteiger charge is 2.30. The maximum atomic E-state index is 5.98. The molecule has 0 radical (unpaired) electrons. The largest absolute Gasteiger partial charge is 0.471 e. The predicted molar refractivity (Wildman–Crippen MR) is 72.8 cm³/mol. The molecule has 0 spiro atoms. The molecule has 0 N–H and O–H groups in total. The quantitative estimate of drug-likeness (QED) is 0.453. The first-order valence-corrected chi connectivity index (χ1v) is 13.4. The van der Waals surface area contributed by atoms with E-state index in [1.165, 1.54) is 17.0 Å². The van der Waals surface area contributed by atoms with Gasteiger partial charge in [0.2, 0.25) is 0 Å². The van der Waals surface area contributed by atoms with E-state index in [0.717, 1.165) is 26.1 Å². The molecule has 15 heavy (non-hydrogen) atoms. The highest BCUT2D eigenvalue weighted by molar-refractivity contribution is 9.23. The van der Waals surface area contributed by atoms with Crippen molar-refractivity contribution in [3.05, 3.63) is 0 Å². The van der Waals surface area contributed by atoms with Crippen LogP contribution < -0.4 is 0 Å². The van der Waals surface area contributed by atoms with Crippen LogP contribution in [0.4, 0.5) is 0 Å². The van der Waals surface area contributed by atoms with E-state index in [0.29, 0.717) is 0 Å². The molecule has 0 aliphatic heterocycles. The first-order valence-electron chi connectivity index (χ1n) is 6.02. The summed E-state index contributed by atoms with van der Waals surface area (Å²) in [5.74, 6) is 0. The molecule has 0 unspecified atom stereocenters. The molecule has 0 amide bonds. The zero-order chi connectivity index (χ0) is 11.6. The molecule has 5 heteroatoms. The van der Waals surface area contributed by atoms with Crippen LogP contribution in [0.15, 0.2) is 0 Å². The molecule has 0 saturated carbocycles. The summed E-state index contributed by atoms with van der Waals surface area (Å²) in [6.07, 6.45) is 4.71. The molecule has 88 valence electrons. The SMILES string of the molecule is CCCCO[Si](C)([CH2][Mg][Br])OCCCC. The Hall–Kier alpha value is 1.38. The third-order valence-electron chi connectivity index (χ3n) is 2.36. The summed E-state index contributed by atoms with van der Waals surface area (Å²) in [4.78, 5) is 0. The number of halogens is 1. The van der Waals surface area contributed by atoms with Crippen LogP contribution in [-0.4, -0.2) is 40.0 Å². The minimum absolute atomic E-state index is 0.134. The standard InChI is InChI=1S/C10H23O2Si.BrH.Mg/c1-5-7-9-11-13(3,4)12-10-8-6-2;;/h3,5-10H2,1-2,4H3;1H;/q;;+1/p-1. The van der Waals surface area contributed by atoms with Crippen LogP contribution in [0.3, 0.4) is 0 Å². The summed E-state index contributed by atoms with van der Waals surface area (Å²) in [7, 11) is -1.81. The lowest BCUT2D eigenvalue weighted by Crippen LogP contribution is -2.40. The minimum atomic E-state index is -1.81. The van der Waals surface area contributed by atoms with Gasteiger partial charge >= 0.3 is 26.8 Å². The molecule has 0 fully saturated rings. The minimum Gasteiger partial charge on any atom is -0.396 e. The summed E-state index contributed by atoms with van der Waals surface area (Å²) in [5.41, 5.74) is 0. The Morgan fingerprint density at radius 3 is 1.87 bits per heavy atom. The molecule has 0 aromatic heterocycles. The van der Waals surface area contributed by atoms with E-state index < -0.39 is 8.56 Å². The van der Waals surface area contributed by atoms with Gasteiger partial charge in [-0.15, -0.1) is 0 Å². The predicted octanol–water partition coefficient (Wildman–Crippen LogP) is 3.66. The lowest BCUT2D eigenvalue weighted by Gasteiger charge is -2.27. The zero-order valence-electron chi connectivity index (χ0n) is 10.4. The van der Waals surface area contributed by atoms with Crippen molar-refractivity contribution in [2.45, 2.75) is 50.3 Å². The third-order valence-corrected chi connectivity index (χ3v) is 11.9. The Kier molecular flexibility index (Phi) is 11.5. The Bertz CT molecular complexity index is 139. The topological polar surface area (TPSA) is 18.5 Å². The van der Waals surface area contributed by atoms with Gasteiger partial charge in [-0.3, -0.25) is 0 Å².